The lowest BCUT2D eigenvalue weighted by Crippen LogP contribution is -2.46. The summed E-state index contributed by atoms with van der Waals surface area (Å²) in [5.41, 5.74) is 0. The second-order valence-corrected chi connectivity index (χ2v) is 18.3. The highest BCUT2D eigenvalue weighted by atomic mass is 16.5. The van der Waals surface area contributed by atoms with Gasteiger partial charge in [0.25, 0.3) is 0 Å². The summed E-state index contributed by atoms with van der Waals surface area (Å²) < 4.78 is 5.92. The molecule has 3 unspecified atom stereocenters. The predicted octanol–water partition coefficient (Wildman–Crippen LogP) is 15.7. The van der Waals surface area contributed by atoms with Crippen LogP contribution in [0.4, 0.5) is 0 Å². The van der Waals surface area contributed by atoms with Crippen LogP contribution in [0.2, 0.25) is 0 Å². The number of carbonyl (C=O) groups excluding carboxylic acids is 2. The third kappa shape index (κ3) is 43.1. The Kier molecular flexibility index (Phi) is 46.5. The molecule has 0 fully saturated rings. The van der Waals surface area contributed by atoms with Crippen molar-refractivity contribution in [1.29, 1.82) is 0 Å². The Morgan fingerprint density at radius 1 is 0.475 bits per heavy atom. The fourth-order valence-electron chi connectivity index (χ4n) is 8.31. The lowest BCUT2D eigenvalue weighted by molar-refractivity contribution is -0.151. The highest BCUT2D eigenvalue weighted by Crippen LogP contribution is 2.18. The summed E-state index contributed by atoms with van der Waals surface area (Å²) in [7, 11) is 0. The van der Waals surface area contributed by atoms with E-state index in [1.807, 2.05) is 0 Å². The monoisotopic (exact) mass is 834 g/mol. The third-order valence-electron chi connectivity index (χ3n) is 12.3. The maximum atomic E-state index is 13.2. The van der Waals surface area contributed by atoms with Crippen molar-refractivity contribution >= 4 is 11.9 Å². The van der Waals surface area contributed by atoms with Crippen molar-refractivity contribution < 1.29 is 24.5 Å². The number of carbonyl (C=O) groups is 2. The van der Waals surface area contributed by atoms with E-state index in [-0.39, 0.29) is 24.9 Å². The molecule has 0 aliphatic carbocycles. The van der Waals surface area contributed by atoms with Crippen LogP contribution in [0.3, 0.4) is 0 Å². The SMILES string of the molecule is CCCCCCCCC/C=C\CCCC(CC(=O)NC(CO)C(O)CCCCCCCCCCCCCCC)OC(=O)CCCCCCCCCCCCCCCCC. The van der Waals surface area contributed by atoms with E-state index in [0.717, 1.165) is 51.4 Å². The summed E-state index contributed by atoms with van der Waals surface area (Å²) in [5, 5.41) is 23.8. The molecule has 0 spiro atoms. The Balaban J connectivity index is 4.53. The second-order valence-electron chi connectivity index (χ2n) is 18.3. The molecule has 6 nitrogen and oxygen atoms in total. The largest absolute Gasteiger partial charge is 0.462 e. The third-order valence-corrected chi connectivity index (χ3v) is 12.3. The van der Waals surface area contributed by atoms with Crippen molar-refractivity contribution in [3.63, 3.8) is 0 Å². The number of nitrogens with one attached hydrogen (secondary N) is 1. The molecule has 0 saturated carbocycles. The van der Waals surface area contributed by atoms with E-state index < -0.39 is 18.2 Å². The van der Waals surface area contributed by atoms with E-state index in [4.69, 9.17) is 4.74 Å². The molecule has 59 heavy (non-hydrogen) atoms. The van der Waals surface area contributed by atoms with Crippen LogP contribution in [-0.2, 0) is 14.3 Å². The zero-order valence-corrected chi connectivity index (χ0v) is 39.9. The number of rotatable bonds is 48. The van der Waals surface area contributed by atoms with E-state index in [1.54, 1.807) is 0 Å². The Morgan fingerprint density at radius 2 is 0.831 bits per heavy atom. The Bertz CT molecular complexity index is 893. The zero-order valence-electron chi connectivity index (χ0n) is 39.9. The fourth-order valence-corrected chi connectivity index (χ4v) is 8.31. The smallest absolute Gasteiger partial charge is 0.306 e. The van der Waals surface area contributed by atoms with Crippen molar-refractivity contribution in [2.45, 2.75) is 309 Å². The van der Waals surface area contributed by atoms with Gasteiger partial charge < -0.3 is 20.3 Å². The van der Waals surface area contributed by atoms with Crippen molar-refractivity contribution in [1.82, 2.24) is 5.32 Å². The van der Waals surface area contributed by atoms with Crippen molar-refractivity contribution in [3.05, 3.63) is 12.2 Å². The number of esters is 1. The first kappa shape index (κ1) is 57.6. The van der Waals surface area contributed by atoms with Crippen LogP contribution in [0.25, 0.3) is 0 Å². The Morgan fingerprint density at radius 3 is 1.24 bits per heavy atom. The van der Waals surface area contributed by atoms with Gasteiger partial charge in [-0.2, -0.15) is 0 Å². The topological polar surface area (TPSA) is 95.9 Å². The molecule has 3 atom stereocenters. The van der Waals surface area contributed by atoms with Gasteiger partial charge in [0.1, 0.15) is 6.10 Å². The molecular weight excluding hydrogens is 731 g/mol. The number of allylic oxidation sites excluding steroid dienone is 2. The van der Waals surface area contributed by atoms with E-state index in [2.05, 4.69) is 38.2 Å². The predicted molar refractivity (Wildman–Crippen MR) is 255 cm³/mol. The normalized spacial score (nSPS) is 13.2. The summed E-state index contributed by atoms with van der Waals surface area (Å²) in [4.78, 5) is 26.1. The van der Waals surface area contributed by atoms with Gasteiger partial charge in [0, 0.05) is 6.42 Å². The summed E-state index contributed by atoms with van der Waals surface area (Å²) in [5.74, 6) is -0.485. The first-order valence-electron chi connectivity index (χ1n) is 26.4. The summed E-state index contributed by atoms with van der Waals surface area (Å²) in [6.07, 6.45) is 52.7. The maximum Gasteiger partial charge on any atom is 0.306 e. The molecule has 0 aliphatic heterocycles. The van der Waals surface area contributed by atoms with Crippen LogP contribution in [0.15, 0.2) is 12.2 Å². The van der Waals surface area contributed by atoms with Crippen LogP contribution in [0, 0.1) is 0 Å². The summed E-state index contributed by atoms with van der Waals surface area (Å²) >= 11 is 0. The Hall–Kier alpha value is -1.40. The molecule has 0 radical (unpaired) electrons. The van der Waals surface area contributed by atoms with E-state index in [0.29, 0.717) is 19.3 Å². The molecule has 0 aromatic carbocycles. The van der Waals surface area contributed by atoms with E-state index in [1.165, 1.54) is 193 Å². The van der Waals surface area contributed by atoms with Gasteiger partial charge in [-0.05, 0) is 44.9 Å². The molecule has 0 bridgehead atoms. The minimum absolute atomic E-state index is 0.0638. The molecule has 3 N–H and O–H groups in total. The highest BCUT2D eigenvalue weighted by Gasteiger charge is 2.24. The number of amides is 1. The number of unbranched alkanes of at least 4 members (excludes halogenated alkanes) is 34. The maximum absolute atomic E-state index is 13.2. The van der Waals surface area contributed by atoms with Gasteiger partial charge in [0.15, 0.2) is 0 Å². The molecule has 6 heteroatoms. The second kappa shape index (κ2) is 47.6. The quantitative estimate of drug-likeness (QED) is 0.0322. The molecule has 0 aromatic rings. The lowest BCUT2D eigenvalue weighted by atomic mass is 10.0. The van der Waals surface area contributed by atoms with E-state index in [9.17, 15) is 19.8 Å². The number of ether oxygens (including phenoxy) is 1. The van der Waals surface area contributed by atoms with Gasteiger partial charge in [-0.25, -0.2) is 0 Å². The average molecular weight is 834 g/mol. The molecule has 1 amide bonds. The lowest BCUT2D eigenvalue weighted by Gasteiger charge is -2.24. The van der Waals surface area contributed by atoms with Gasteiger partial charge in [-0.15, -0.1) is 0 Å². The number of hydrogen-bond donors (Lipinski definition) is 3. The first-order chi connectivity index (χ1) is 29.0. The first-order valence-corrected chi connectivity index (χ1v) is 26.4. The minimum Gasteiger partial charge on any atom is -0.462 e. The van der Waals surface area contributed by atoms with Crippen molar-refractivity contribution in [2.75, 3.05) is 6.61 Å². The molecule has 0 heterocycles. The van der Waals surface area contributed by atoms with E-state index >= 15 is 0 Å². The number of hydrogen-bond acceptors (Lipinski definition) is 5. The fraction of sp³-hybridized carbons (Fsp3) is 0.925. The van der Waals surface area contributed by atoms with Gasteiger partial charge in [-0.1, -0.05) is 245 Å². The van der Waals surface area contributed by atoms with Crippen LogP contribution in [-0.4, -0.2) is 46.9 Å². The number of aliphatic hydroxyl groups excluding tert-OH is 2. The van der Waals surface area contributed by atoms with Gasteiger partial charge in [0.05, 0.1) is 25.2 Å². The molecule has 0 aliphatic rings. The van der Waals surface area contributed by atoms with Gasteiger partial charge in [0.2, 0.25) is 5.91 Å². The van der Waals surface area contributed by atoms with Gasteiger partial charge in [-0.3, -0.25) is 9.59 Å². The number of aliphatic hydroxyl groups is 2. The molecule has 0 aromatic heterocycles. The Labute approximate surface area is 368 Å². The van der Waals surface area contributed by atoms with Crippen LogP contribution >= 0.6 is 0 Å². The average Bonchev–Trinajstić information content (AvgIpc) is 3.23. The van der Waals surface area contributed by atoms with Crippen LogP contribution < -0.4 is 5.32 Å². The summed E-state index contributed by atoms with van der Waals surface area (Å²) in [6.45, 7) is 6.49. The molecule has 350 valence electrons. The van der Waals surface area contributed by atoms with Gasteiger partial charge >= 0.3 is 5.97 Å². The zero-order chi connectivity index (χ0) is 43.1. The highest BCUT2D eigenvalue weighted by molar-refractivity contribution is 5.77. The van der Waals surface area contributed by atoms with Crippen molar-refractivity contribution in [3.8, 4) is 0 Å². The standard InChI is InChI=1S/C53H103NO5/c1-4-7-10-13-16-19-22-25-26-28-31-34-37-40-43-46-53(58)59-49(44-41-38-35-32-29-24-21-18-15-12-9-6-3)47-52(57)54-50(48-55)51(56)45-42-39-36-33-30-27-23-20-17-14-11-8-5-2/h32,35,49-51,55-56H,4-31,33-34,36-48H2,1-3H3,(H,54,57)/b35-32-. The molecule has 0 saturated heterocycles. The van der Waals surface area contributed by atoms with Crippen LogP contribution in [0.5, 0.6) is 0 Å². The minimum atomic E-state index is -0.788. The molecule has 0 rings (SSSR count). The van der Waals surface area contributed by atoms with Crippen LogP contribution in [0.1, 0.15) is 290 Å². The van der Waals surface area contributed by atoms with Crippen molar-refractivity contribution in [2.24, 2.45) is 0 Å². The summed E-state index contributed by atoms with van der Waals surface area (Å²) in [6, 6.07) is -0.703. The molecular formula is C53H103NO5.